The lowest BCUT2D eigenvalue weighted by Crippen LogP contribution is -2.47. The van der Waals surface area contributed by atoms with E-state index in [1.54, 1.807) is 0 Å². The minimum atomic E-state index is -5.08. The van der Waals surface area contributed by atoms with E-state index in [0.29, 0.717) is 26.1 Å². The van der Waals surface area contributed by atoms with Crippen LogP contribution in [0.1, 0.15) is 12.0 Å². The molecule has 0 unspecified atom stereocenters. The van der Waals surface area contributed by atoms with Crippen molar-refractivity contribution in [2.75, 3.05) is 18.8 Å². The number of nitrogens with one attached hydrogen (secondary N) is 2. The number of alkyl halides is 3. The molecular weight excluding hydrogens is 401 g/mol. The molecule has 3 rings (SSSR count). The van der Waals surface area contributed by atoms with Crippen molar-refractivity contribution in [2.24, 2.45) is 11.8 Å². The SMILES string of the molecule is O=C(NCc1ccccc1)[C@@H]1CCS(=O)(=O)[C@@H]2CNC[C@@H]21.O=C(O)C(F)(F)F. The van der Waals surface area contributed by atoms with Gasteiger partial charge in [-0.2, -0.15) is 13.2 Å². The van der Waals surface area contributed by atoms with Crippen molar-refractivity contribution in [3.05, 3.63) is 35.9 Å². The van der Waals surface area contributed by atoms with Gasteiger partial charge in [0.2, 0.25) is 5.91 Å². The summed E-state index contributed by atoms with van der Waals surface area (Å²) >= 11 is 0. The number of hydrogen-bond donors (Lipinski definition) is 3. The number of carboxylic acid groups (broad SMARTS) is 1. The van der Waals surface area contributed by atoms with Crippen molar-refractivity contribution >= 4 is 21.7 Å². The van der Waals surface area contributed by atoms with Gasteiger partial charge in [0.05, 0.1) is 11.0 Å². The van der Waals surface area contributed by atoms with Crippen LogP contribution in [0.2, 0.25) is 0 Å². The summed E-state index contributed by atoms with van der Waals surface area (Å²) in [7, 11) is -3.04. The summed E-state index contributed by atoms with van der Waals surface area (Å²) in [4.78, 5) is 21.3. The number of amides is 1. The van der Waals surface area contributed by atoms with Gasteiger partial charge in [-0.1, -0.05) is 30.3 Å². The first-order valence-corrected chi connectivity index (χ1v) is 10.3. The molecule has 0 bridgehead atoms. The molecule has 1 aromatic carbocycles. The number of rotatable bonds is 3. The summed E-state index contributed by atoms with van der Waals surface area (Å²) in [5.74, 6) is -2.93. The zero-order valence-corrected chi connectivity index (χ0v) is 15.6. The minimum absolute atomic E-state index is 0.0209. The molecule has 2 saturated heterocycles. The zero-order valence-electron chi connectivity index (χ0n) is 14.8. The standard InChI is InChI=1S/C15H20N2O3S.C2HF3O2/c18-15(17-8-11-4-2-1-3-5-11)12-6-7-21(19,20)14-10-16-9-13(12)14;3-2(4,5)1(6)7/h1-5,12-14,16H,6-10H2,(H,17,18);(H,6,7)/t12-,13-,14-;/m1./s1. The first kappa shape index (κ1) is 22.2. The van der Waals surface area contributed by atoms with E-state index in [0.717, 1.165) is 5.56 Å². The molecule has 11 heteroatoms. The molecule has 156 valence electrons. The van der Waals surface area contributed by atoms with Crippen molar-refractivity contribution in [1.29, 1.82) is 0 Å². The fourth-order valence-corrected chi connectivity index (χ4v) is 5.44. The monoisotopic (exact) mass is 422 g/mol. The van der Waals surface area contributed by atoms with Crippen molar-refractivity contribution in [3.8, 4) is 0 Å². The molecule has 0 radical (unpaired) electrons. The first-order chi connectivity index (χ1) is 13.0. The average molecular weight is 422 g/mol. The molecule has 2 heterocycles. The number of carboxylic acids is 1. The summed E-state index contributed by atoms with van der Waals surface area (Å²) in [5, 5.41) is 12.8. The molecule has 2 fully saturated rings. The van der Waals surface area contributed by atoms with Crippen LogP contribution in [0.25, 0.3) is 0 Å². The quantitative estimate of drug-likeness (QED) is 0.669. The highest BCUT2D eigenvalue weighted by Gasteiger charge is 2.47. The number of carbonyl (C=O) groups is 2. The summed E-state index contributed by atoms with van der Waals surface area (Å²) in [6.07, 6.45) is -4.65. The summed E-state index contributed by atoms with van der Waals surface area (Å²) in [5.41, 5.74) is 1.05. The van der Waals surface area contributed by atoms with Gasteiger partial charge in [0.15, 0.2) is 9.84 Å². The number of benzene rings is 1. The molecule has 2 aliphatic rings. The number of aliphatic carboxylic acids is 1. The Morgan fingerprint density at radius 2 is 1.79 bits per heavy atom. The average Bonchev–Trinajstić information content (AvgIpc) is 3.11. The number of carbonyl (C=O) groups excluding carboxylic acids is 1. The fraction of sp³-hybridized carbons (Fsp3) is 0.529. The molecule has 0 aromatic heterocycles. The van der Waals surface area contributed by atoms with Gasteiger partial charge in [0, 0.05) is 31.5 Å². The molecule has 0 saturated carbocycles. The van der Waals surface area contributed by atoms with Gasteiger partial charge in [0.25, 0.3) is 0 Å². The second-order valence-corrected chi connectivity index (χ2v) is 8.97. The zero-order chi connectivity index (χ0) is 20.9. The second kappa shape index (κ2) is 8.91. The summed E-state index contributed by atoms with van der Waals surface area (Å²) in [6.45, 7) is 1.59. The lowest BCUT2D eigenvalue weighted by molar-refractivity contribution is -0.192. The minimum Gasteiger partial charge on any atom is -0.475 e. The third-order valence-electron chi connectivity index (χ3n) is 4.78. The van der Waals surface area contributed by atoms with Gasteiger partial charge in [-0.15, -0.1) is 0 Å². The highest BCUT2D eigenvalue weighted by atomic mass is 32.2. The Hall–Kier alpha value is -2.14. The predicted octanol–water partition coefficient (Wildman–Crippen LogP) is 0.959. The van der Waals surface area contributed by atoms with Gasteiger partial charge in [-0.25, -0.2) is 13.2 Å². The number of sulfone groups is 1. The van der Waals surface area contributed by atoms with Gasteiger partial charge in [-0.3, -0.25) is 4.79 Å². The maximum Gasteiger partial charge on any atom is 0.490 e. The van der Waals surface area contributed by atoms with Gasteiger partial charge >= 0.3 is 12.1 Å². The Kier molecular flexibility index (Phi) is 7.05. The van der Waals surface area contributed by atoms with E-state index in [9.17, 15) is 26.4 Å². The molecule has 3 atom stereocenters. The number of hydrogen-bond acceptors (Lipinski definition) is 5. The first-order valence-electron chi connectivity index (χ1n) is 8.56. The highest BCUT2D eigenvalue weighted by molar-refractivity contribution is 7.92. The van der Waals surface area contributed by atoms with Crippen LogP contribution in [0.3, 0.4) is 0 Å². The fourth-order valence-electron chi connectivity index (χ4n) is 3.37. The van der Waals surface area contributed by atoms with E-state index in [1.165, 1.54) is 0 Å². The van der Waals surface area contributed by atoms with E-state index in [1.807, 2.05) is 30.3 Å². The normalized spacial score (nSPS) is 25.8. The van der Waals surface area contributed by atoms with E-state index >= 15 is 0 Å². The van der Waals surface area contributed by atoms with Crippen molar-refractivity contribution in [2.45, 2.75) is 24.4 Å². The molecule has 0 spiro atoms. The lowest BCUT2D eigenvalue weighted by Gasteiger charge is -2.31. The third-order valence-corrected chi connectivity index (χ3v) is 7.03. The molecule has 1 aromatic rings. The maximum atomic E-state index is 12.4. The summed E-state index contributed by atoms with van der Waals surface area (Å²) < 4.78 is 55.8. The van der Waals surface area contributed by atoms with Crippen molar-refractivity contribution < 1.29 is 36.3 Å². The van der Waals surface area contributed by atoms with E-state index in [-0.39, 0.29) is 23.5 Å². The molecule has 28 heavy (non-hydrogen) atoms. The molecule has 3 N–H and O–H groups in total. The second-order valence-electron chi connectivity index (χ2n) is 6.63. The molecule has 7 nitrogen and oxygen atoms in total. The highest BCUT2D eigenvalue weighted by Crippen LogP contribution is 2.33. The Balaban J connectivity index is 0.000000345. The van der Waals surface area contributed by atoms with Gasteiger partial charge in [-0.05, 0) is 12.0 Å². The van der Waals surface area contributed by atoms with Crippen LogP contribution in [0.15, 0.2) is 30.3 Å². The molecule has 1 amide bonds. The van der Waals surface area contributed by atoms with Crippen LogP contribution >= 0.6 is 0 Å². The molecular formula is C17H21F3N2O5S. The Bertz CT molecular complexity index is 799. The predicted molar refractivity (Wildman–Crippen MR) is 94.0 cm³/mol. The third kappa shape index (κ3) is 5.68. The smallest absolute Gasteiger partial charge is 0.475 e. The van der Waals surface area contributed by atoms with Gasteiger partial charge in [0.1, 0.15) is 0 Å². The lowest BCUT2D eigenvalue weighted by atomic mass is 9.87. The van der Waals surface area contributed by atoms with Crippen LogP contribution in [-0.4, -0.2) is 55.7 Å². The van der Waals surface area contributed by atoms with Crippen LogP contribution in [-0.2, 0) is 26.0 Å². The number of fused-ring (bicyclic) bond motifs is 1. The van der Waals surface area contributed by atoms with E-state index in [2.05, 4.69) is 10.6 Å². The van der Waals surface area contributed by atoms with Crippen LogP contribution in [0.5, 0.6) is 0 Å². The van der Waals surface area contributed by atoms with Crippen LogP contribution in [0, 0.1) is 11.8 Å². The molecule has 0 aliphatic carbocycles. The van der Waals surface area contributed by atoms with Crippen molar-refractivity contribution in [1.82, 2.24) is 10.6 Å². The van der Waals surface area contributed by atoms with Crippen molar-refractivity contribution in [3.63, 3.8) is 0 Å². The topological polar surface area (TPSA) is 113 Å². The van der Waals surface area contributed by atoms with Crippen LogP contribution < -0.4 is 10.6 Å². The largest absolute Gasteiger partial charge is 0.490 e. The Morgan fingerprint density at radius 1 is 1.18 bits per heavy atom. The Labute approximate surface area is 160 Å². The van der Waals surface area contributed by atoms with E-state index in [4.69, 9.17) is 9.90 Å². The van der Waals surface area contributed by atoms with E-state index < -0.39 is 27.2 Å². The molecule has 2 aliphatic heterocycles. The number of halogens is 3. The van der Waals surface area contributed by atoms with Crippen LogP contribution in [0.4, 0.5) is 13.2 Å². The van der Waals surface area contributed by atoms with Gasteiger partial charge < -0.3 is 15.7 Å². The maximum absolute atomic E-state index is 12.4. The summed E-state index contributed by atoms with van der Waals surface area (Å²) in [6, 6.07) is 9.74. The Morgan fingerprint density at radius 3 is 2.36 bits per heavy atom.